The summed E-state index contributed by atoms with van der Waals surface area (Å²) in [5.41, 5.74) is 3.38. The molecule has 8 heteroatoms. The zero-order valence-corrected chi connectivity index (χ0v) is 9.35. The first kappa shape index (κ1) is 15.0. The van der Waals surface area contributed by atoms with Gasteiger partial charge in [-0.3, -0.25) is 9.79 Å². The molecule has 0 fully saturated rings. The first-order valence-electron chi connectivity index (χ1n) is 4.48. The molecule has 0 atom stereocenters. The van der Waals surface area contributed by atoms with Crippen molar-refractivity contribution in [2.75, 3.05) is 20.6 Å². The Hall–Kier alpha value is -1.99. The number of carbonyl (C=O) groups excluding carboxylic acids is 1. The second-order valence-corrected chi connectivity index (χ2v) is 3.23. The van der Waals surface area contributed by atoms with Crippen molar-refractivity contribution < 1.29 is 23.5 Å². The summed E-state index contributed by atoms with van der Waals surface area (Å²) in [6, 6.07) is 0. The minimum atomic E-state index is -3.00. The Kier molecular flexibility index (Phi) is 5.79. The molecule has 96 valence electrons. The molecule has 17 heavy (non-hydrogen) atoms. The molecule has 0 aliphatic heterocycles. The van der Waals surface area contributed by atoms with E-state index in [0.717, 1.165) is 0 Å². The molecular weight excluding hydrogens is 236 g/mol. The molecule has 3 N–H and O–H groups in total. The number of aliphatic imine (C=N–C) groups is 1. The quantitative estimate of drug-likeness (QED) is 0.517. The number of nitrogens with two attached hydrogens (primary N) is 1. The SMILES string of the molecule is CN(C)C(=O)CN=C(/C=C(\N)C(=O)O)C(F)F. The maximum absolute atomic E-state index is 12.4. The highest BCUT2D eigenvalue weighted by molar-refractivity contribution is 6.03. The van der Waals surface area contributed by atoms with E-state index in [1.54, 1.807) is 0 Å². The summed E-state index contributed by atoms with van der Waals surface area (Å²) in [6.45, 7) is -0.490. The van der Waals surface area contributed by atoms with Crippen LogP contribution in [0.5, 0.6) is 0 Å². The van der Waals surface area contributed by atoms with Crippen LogP contribution in [0.1, 0.15) is 0 Å². The number of aliphatic carboxylic acids is 1. The van der Waals surface area contributed by atoms with Crippen LogP contribution < -0.4 is 5.73 Å². The third-order valence-electron chi connectivity index (χ3n) is 1.67. The van der Waals surface area contributed by atoms with Gasteiger partial charge in [-0.15, -0.1) is 0 Å². The number of carboxylic acid groups (broad SMARTS) is 1. The zero-order chi connectivity index (χ0) is 13.6. The summed E-state index contributed by atoms with van der Waals surface area (Å²) in [5, 5.41) is 8.41. The monoisotopic (exact) mass is 249 g/mol. The molecule has 0 aromatic heterocycles. The molecule has 0 radical (unpaired) electrons. The molecule has 0 saturated carbocycles. The Balaban J connectivity index is 4.88. The van der Waals surface area contributed by atoms with Crippen LogP contribution in [-0.4, -0.2) is 54.7 Å². The van der Waals surface area contributed by atoms with Crippen molar-refractivity contribution >= 4 is 17.6 Å². The van der Waals surface area contributed by atoms with Gasteiger partial charge in [-0.2, -0.15) is 0 Å². The fourth-order valence-corrected chi connectivity index (χ4v) is 0.699. The van der Waals surface area contributed by atoms with Gasteiger partial charge in [0.25, 0.3) is 6.43 Å². The van der Waals surface area contributed by atoms with E-state index < -0.39 is 36.3 Å². The van der Waals surface area contributed by atoms with Gasteiger partial charge in [0.2, 0.25) is 5.91 Å². The molecule has 0 aliphatic carbocycles. The molecule has 0 heterocycles. The molecule has 0 unspecified atom stereocenters. The Bertz CT molecular complexity index is 364. The number of amides is 1. The molecule has 0 spiro atoms. The number of hydrogen-bond donors (Lipinski definition) is 2. The van der Waals surface area contributed by atoms with Gasteiger partial charge in [0.1, 0.15) is 18.0 Å². The predicted octanol–water partition coefficient (Wildman–Crippen LogP) is -0.292. The molecule has 0 saturated heterocycles. The highest BCUT2D eigenvalue weighted by Gasteiger charge is 2.14. The van der Waals surface area contributed by atoms with E-state index in [1.165, 1.54) is 19.0 Å². The molecule has 1 amide bonds. The fraction of sp³-hybridized carbons (Fsp3) is 0.444. The van der Waals surface area contributed by atoms with Crippen molar-refractivity contribution in [3.63, 3.8) is 0 Å². The van der Waals surface area contributed by atoms with Gasteiger partial charge in [-0.1, -0.05) is 0 Å². The van der Waals surface area contributed by atoms with E-state index in [2.05, 4.69) is 4.99 Å². The van der Waals surface area contributed by atoms with Crippen LogP contribution in [-0.2, 0) is 9.59 Å². The summed E-state index contributed by atoms with van der Waals surface area (Å²) in [5.74, 6) is -2.01. The van der Waals surface area contributed by atoms with Crippen molar-refractivity contribution in [3.8, 4) is 0 Å². The van der Waals surface area contributed by atoms with Gasteiger partial charge in [-0.05, 0) is 6.08 Å². The van der Waals surface area contributed by atoms with Crippen LogP contribution >= 0.6 is 0 Å². The maximum atomic E-state index is 12.4. The van der Waals surface area contributed by atoms with Crippen LogP contribution in [0.15, 0.2) is 16.8 Å². The first-order chi connectivity index (χ1) is 7.75. The Labute approximate surface area is 96.4 Å². The van der Waals surface area contributed by atoms with Gasteiger partial charge < -0.3 is 15.7 Å². The van der Waals surface area contributed by atoms with Gasteiger partial charge in [0.05, 0.1) is 0 Å². The summed E-state index contributed by atoms with van der Waals surface area (Å²) in [4.78, 5) is 25.9. The van der Waals surface area contributed by atoms with Crippen LogP contribution in [0, 0.1) is 0 Å². The molecular formula is C9H13F2N3O3. The lowest BCUT2D eigenvalue weighted by Crippen LogP contribution is -2.25. The van der Waals surface area contributed by atoms with Crippen LogP contribution in [0.2, 0.25) is 0 Å². The Morgan fingerprint density at radius 2 is 2.00 bits per heavy atom. The van der Waals surface area contributed by atoms with Crippen molar-refractivity contribution in [2.24, 2.45) is 10.7 Å². The summed E-state index contributed by atoms with van der Waals surface area (Å²) >= 11 is 0. The third-order valence-corrected chi connectivity index (χ3v) is 1.67. The number of halogens is 2. The highest BCUT2D eigenvalue weighted by atomic mass is 19.3. The molecule has 0 aromatic rings. The average Bonchev–Trinajstić information content (AvgIpc) is 2.22. The summed E-state index contributed by atoms with van der Waals surface area (Å²) < 4.78 is 24.9. The molecule has 0 aliphatic rings. The number of alkyl halides is 2. The van der Waals surface area contributed by atoms with Crippen LogP contribution in [0.25, 0.3) is 0 Å². The van der Waals surface area contributed by atoms with Crippen LogP contribution in [0.3, 0.4) is 0 Å². The lowest BCUT2D eigenvalue weighted by Gasteiger charge is -2.08. The predicted molar refractivity (Wildman–Crippen MR) is 56.9 cm³/mol. The van der Waals surface area contributed by atoms with Gasteiger partial charge in [-0.25, -0.2) is 13.6 Å². The minimum absolute atomic E-state index is 0.481. The highest BCUT2D eigenvalue weighted by Crippen LogP contribution is 2.01. The van der Waals surface area contributed by atoms with E-state index in [4.69, 9.17) is 10.8 Å². The van der Waals surface area contributed by atoms with Gasteiger partial charge in [0, 0.05) is 14.1 Å². The second kappa shape index (κ2) is 6.56. The van der Waals surface area contributed by atoms with E-state index in [0.29, 0.717) is 6.08 Å². The number of nitrogens with zero attached hydrogens (tertiary/aromatic N) is 2. The van der Waals surface area contributed by atoms with E-state index in [-0.39, 0.29) is 0 Å². The lowest BCUT2D eigenvalue weighted by atomic mass is 10.3. The number of hydrogen-bond acceptors (Lipinski definition) is 4. The molecule has 0 aromatic carbocycles. The maximum Gasteiger partial charge on any atom is 0.351 e. The van der Waals surface area contributed by atoms with E-state index in [1.807, 2.05) is 0 Å². The van der Waals surface area contributed by atoms with Crippen molar-refractivity contribution in [1.29, 1.82) is 0 Å². The largest absolute Gasteiger partial charge is 0.477 e. The normalized spacial score (nSPS) is 12.8. The number of carboxylic acids is 1. The number of rotatable bonds is 5. The molecule has 6 nitrogen and oxygen atoms in total. The Morgan fingerprint density at radius 3 is 2.35 bits per heavy atom. The van der Waals surface area contributed by atoms with Crippen molar-refractivity contribution in [2.45, 2.75) is 6.43 Å². The van der Waals surface area contributed by atoms with Crippen molar-refractivity contribution in [1.82, 2.24) is 4.90 Å². The number of allylic oxidation sites excluding steroid dienone is 1. The summed E-state index contributed by atoms with van der Waals surface area (Å²) in [6.07, 6.45) is -2.46. The number of carbonyl (C=O) groups is 2. The minimum Gasteiger partial charge on any atom is -0.477 e. The topological polar surface area (TPSA) is 96.0 Å². The molecule has 0 bridgehead atoms. The van der Waals surface area contributed by atoms with E-state index >= 15 is 0 Å². The van der Waals surface area contributed by atoms with Crippen molar-refractivity contribution in [3.05, 3.63) is 11.8 Å². The lowest BCUT2D eigenvalue weighted by molar-refractivity contribution is -0.132. The molecule has 0 rings (SSSR count). The first-order valence-corrected chi connectivity index (χ1v) is 4.48. The fourth-order valence-electron chi connectivity index (χ4n) is 0.699. The standard InChI is InChI=1S/C9H13F2N3O3/c1-14(2)7(15)4-13-6(8(10)11)3-5(12)9(16)17/h3,8H,4,12H2,1-2H3,(H,16,17)/b5-3-,13-6?. The van der Waals surface area contributed by atoms with Crippen LogP contribution in [0.4, 0.5) is 8.78 Å². The van der Waals surface area contributed by atoms with Gasteiger partial charge in [0.15, 0.2) is 0 Å². The number of likely N-dealkylation sites (N-methyl/N-ethyl adjacent to an activating group) is 1. The Morgan fingerprint density at radius 1 is 1.47 bits per heavy atom. The average molecular weight is 249 g/mol. The zero-order valence-electron chi connectivity index (χ0n) is 9.35. The smallest absolute Gasteiger partial charge is 0.351 e. The summed E-state index contributed by atoms with van der Waals surface area (Å²) in [7, 11) is 2.89. The van der Waals surface area contributed by atoms with Gasteiger partial charge >= 0.3 is 5.97 Å². The third kappa shape index (κ3) is 5.59. The second-order valence-electron chi connectivity index (χ2n) is 3.23. The van der Waals surface area contributed by atoms with E-state index in [9.17, 15) is 18.4 Å².